The Balaban J connectivity index is 1.25. The van der Waals surface area contributed by atoms with Gasteiger partial charge in [0.15, 0.2) is 17.1 Å². The van der Waals surface area contributed by atoms with Crippen LogP contribution >= 0.6 is 0 Å². The average molecular weight is 546 g/mol. The molecule has 0 radical (unpaired) electrons. The van der Waals surface area contributed by atoms with Gasteiger partial charge in [0.05, 0.1) is 19.6 Å². The Morgan fingerprint density at radius 2 is 1.54 bits per heavy atom. The first-order chi connectivity index (χ1) is 20.2. The van der Waals surface area contributed by atoms with Crippen LogP contribution in [-0.4, -0.2) is 65.7 Å². The van der Waals surface area contributed by atoms with Crippen LogP contribution in [-0.2, 0) is 4.79 Å². The SMILES string of the molecule is COc1ccc(/C=C/C(=O)N2CCN(c3ncnc4c3c(-c3ccccc3)cn4-c3ccccc3)CC2)cc1OC. The molecular formula is C33H31N5O3. The van der Waals surface area contributed by atoms with E-state index in [1.54, 1.807) is 26.6 Å². The smallest absolute Gasteiger partial charge is 0.246 e. The van der Waals surface area contributed by atoms with Crippen molar-refractivity contribution in [1.82, 2.24) is 19.4 Å². The molecule has 3 aromatic carbocycles. The molecular weight excluding hydrogens is 514 g/mol. The molecule has 1 saturated heterocycles. The molecule has 2 aromatic heterocycles. The molecule has 0 bridgehead atoms. The van der Waals surface area contributed by atoms with Crippen LogP contribution in [0.3, 0.4) is 0 Å². The van der Waals surface area contributed by atoms with E-state index in [1.165, 1.54) is 0 Å². The molecule has 8 nitrogen and oxygen atoms in total. The molecule has 0 unspecified atom stereocenters. The topological polar surface area (TPSA) is 72.7 Å². The number of anilines is 1. The summed E-state index contributed by atoms with van der Waals surface area (Å²) in [6, 6.07) is 26.2. The van der Waals surface area contributed by atoms with Crippen LogP contribution in [0.15, 0.2) is 97.5 Å². The van der Waals surface area contributed by atoms with Gasteiger partial charge in [0, 0.05) is 49.7 Å². The molecule has 206 valence electrons. The van der Waals surface area contributed by atoms with Crippen molar-refractivity contribution in [3.8, 4) is 28.3 Å². The first kappa shape index (κ1) is 26.1. The van der Waals surface area contributed by atoms with Crippen molar-refractivity contribution in [3.05, 3.63) is 103 Å². The zero-order valence-corrected chi connectivity index (χ0v) is 23.1. The number of methoxy groups -OCH3 is 2. The van der Waals surface area contributed by atoms with Crippen LogP contribution in [0.25, 0.3) is 33.9 Å². The highest BCUT2D eigenvalue weighted by atomic mass is 16.5. The third kappa shape index (κ3) is 5.24. The number of ether oxygens (including phenoxy) is 2. The Morgan fingerprint density at radius 1 is 0.829 bits per heavy atom. The summed E-state index contributed by atoms with van der Waals surface area (Å²) < 4.78 is 12.8. The van der Waals surface area contributed by atoms with Gasteiger partial charge in [-0.25, -0.2) is 9.97 Å². The van der Waals surface area contributed by atoms with E-state index < -0.39 is 0 Å². The van der Waals surface area contributed by atoms with Gasteiger partial charge in [-0.1, -0.05) is 54.6 Å². The van der Waals surface area contributed by atoms with Gasteiger partial charge in [-0.05, 0) is 41.5 Å². The standard InChI is InChI=1S/C33H31N5O3/c1-40-28-15-13-24(21-29(28)41-2)14-16-30(39)36-17-19-37(20-18-36)32-31-27(25-9-5-3-6-10-25)22-38(33(31)35-23-34-32)26-11-7-4-8-12-26/h3-16,21-23H,17-20H2,1-2H3/b16-14+. The molecule has 5 aromatic rings. The lowest BCUT2D eigenvalue weighted by molar-refractivity contribution is -0.126. The monoisotopic (exact) mass is 545 g/mol. The maximum Gasteiger partial charge on any atom is 0.246 e. The Morgan fingerprint density at radius 3 is 2.24 bits per heavy atom. The van der Waals surface area contributed by atoms with Gasteiger partial charge in [-0.3, -0.25) is 4.79 Å². The number of amides is 1. The molecule has 41 heavy (non-hydrogen) atoms. The van der Waals surface area contributed by atoms with Crippen molar-refractivity contribution in [2.75, 3.05) is 45.3 Å². The zero-order valence-electron chi connectivity index (χ0n) is 23.1. The number of rotatable bonds is 7. The first-order valence-corrected chi connectivity index (χ1v) is 13.6. The van der Waals surface area contributed by atoms with Crippen molar-refractivity contribution in [2.24, 2.45) is 0 Å². The second kappa shape index (κ2) is 11.6. The predicted molar refractivity (Wildman–Crippen MR) is 162 cm³/mol. The number of nitrogens with zero attached hydrogens (tertiary/aromatic N) is 5. The number of hydrogen-bond donors (Lipinski definition) is 0. The maximum atomic E-state index is 13.0. The highest BCUT2D eigenvalue weighted by molar-refractivity contribution is 6.02. The lowest BCUT2D eigenvalue weighted by atomic mass is 10.1. The fraction of sp³-hybridized carbons (Fsp3) is 0.182. The van der Waals surface area contributed by atoms with E-state index in [1.807, 2.05) is 65.6 Å². The molecule has 1 fully saturated rings. The third-order valence-electron chi connectivity index (χ3n) is 7.40. The summed E-state index contributed by atoms with van der Waals surface area (Å²) >= 11 is 0. The predicted octanol–water partition coefficient (Wildman–Crippen LogP) is 5.47. The molecule has 3 heterocycles. The molecule has 0 aliphatic carbocycles. The first-order valence-electron chi connectivity index (χ1n) is 13.6. The summed E-state index contributed by atoms with van der Waals surface area (Å²) in [5.41, 5.74) is 4.96. The summed E-state index contributed by atoms with van der Waals surface area (Å²) in [5.74, 6) is 2.15. The van der Waals surface area contributed by atoms with E-state index in [0.717, 1.165) is 39.2 Å². The molecule has 1 aliphatic heterocycles. The number of fused-ring (bicyclic) bond motifs is 1. The van der Waals surface area contributed by atoms with Crippen molar-refractivity contribution >= 4 is 28.8 Å². The Kier molecular flexibility index (Phi) is 7.36. The van der Waals surface area contributed by atoms with Crippen LogP contribution in [0.2, 0.25) is 0 Å². The number of aromatic nitrogens is 3. The van der Waals surface area contributed by atoms with Crippen molar-refractivity contribution in [3.63, 3.8) is 0 Å². The number of hydrogen-bond acceptors (Lipinski definition) is 6. The largest absolute Gasteiger partial charge is 0.493 e. The average Bonchev–Trinajstić information content (AvgIpc) is 3.44. The molecule has 0 atom stereocenters. The number of piperazine rings is 1. The van der Waals surface area contributed by atoms with E-state index in [2.05, 4.69) is 39.9 Å². The molecule has 8 heteroatoms. The highest BCUT2D eigenvalue weighted by Crippen LogP contribution is 2.37. The van der Waals surface area contributed by atoms with Gasteiger partial charge < -0.3 is 23.8 Å². The summed E-state index contributed by atoms with van der Waals surface area (Å²) in [4.78, 5) is 26.6. The van der Waals surface area contributed by atoms with Gasteiger partial charge in [0.25, 0.3) is 0 Å². The van der Waals surface area contributed by atoms with E-state index in [-0.39, 0.29) is 5.91 Å². The number of para-hydroxylation sites is 1. The molecule has 1 amide bonds. The lowest BCUT2D eigenvalue weighted by Gasteiger charge is -2.35. The third-order valence-corrected chi connectivity index (χ3v) is 7.40. The van der Waals surface area contributed by atoms with E-state index in [0.29, 0.717) is 37.7 Å². The Labute approximate surface area is 239 Å². The quantitative estimate of drug-likeness (QED) is 0.253. The van der Waals surface area contributed by atoms with Gasteiger partial charge in [0.2, 0.25) is 5.91 Å². The Bertz CT molecular complexity index is 1690. The molecule has 6 rings (SSSR count). The van der Waals surface area contributed by atoms with Crippen LogP contribution in [0.4, 0.5) is 5.82 Å². The van der Waals surface area contributed by atoms with E-state index in [9.17, 15) is 4.79 Å². The van der Waals surface area contributed by atoms with Gasteiger partial charge in [0.1, 0.15) is 12.1 Å². The summed E-state index contributed by atoms with van der Waals surface area (Å²) in [6.45, 7) is 2.54. The lowest BCUT2D eigenvalue weighted by Crippen LogP contribution is -2.48. The van der Waals surface area contributed by atoms with E-state index >= 15 is 0 Å². The summed E-state index contributed by atoms with van der Waals surface area (Å²) in [6.07, 6.45) is 7.21. The zero-order chi connectivity index (χ0) is 28.2. The van der Waals surface area contributed by atoms with Crippen LogP contribution in [0.5, 0.6) is 11.5 Å². The molecule has 0 saturated carbocycles. The minimum Gasteiger partial charge on any atom is -0.493 e. The van der Waals surface area contributed by atoms with E-state index in [4.69, 9.17) is 19.4 Å². The minimum absolute atomic E-state index is 0.0209. The number of carbonyl (C=O) groups excluding carboxylic acids is 1. The number of benzene rings is 3. The van der Waals surface area contributed by atoms with Gasteiger partial charge in [-0.15, -0.1) is 0 Å². The molecule has 1 aliphatic rings. The second-order valence-electron chi connectivity index (χ2n) is 9.77. The van der Waals surface area contributed by atoms with Crippen molar-refractivity contribution < 1.29 is 14.3 Å². The van der Waals surface area contributed by atoms with Crippen LogP contribution < -0.4 is 14.4 Å². The fourth-order valence-electron chi connectivity index (χ4n) is 5.28. The molecule has 0 spiro atoms. The minimum atomic E-state index is -0.0209. The van der Waals surface area contributed by atoms with Gasteiger partial charge >= 0.3 is 0 Å². The Hall–Kier alpha value is -5.11. The highest BCUT2D eigenvalue weighted by Gasteiger charge is 2.25. The summed E-state index contributed by atoms with van der Waals surface area (Å²) in [7, 11) is 3.20. The second-order valence-corrected chi connectivity index (χ2v) is 9.77. The van der Waals surface area contributed by atoms with Crippen molar-refractivity contribution in [2.45, 2.75) is 0 Å². The van der Waals surface area contributed by atoms with Crippen LogP contribution in [0.1, 0.15) is 5.56 Å². The maximum absolute atomic E-state index is 13.0. The van der Waals surface area contributed by atoms with Crippen LogP contribution in [0, 0.1) is 0 Å². The fourth-order valence-corrected chi connectivity index (χ4v) is 5.28. The number of carbonyl (C=O) groups is 1. The van der Waals surface area contributed by atoms with Gasteiger partial charge in [-0.2, -0.15) is 0 Å². The summed E-state index contributed by atoms with van der Waals surface area (Å²) in [5, 5.41) is 1.01. The molecule has 0 N–H and O–H groups in total. The van der Waals surface area contributed by atoms with Crippen molar-refractivity contribution in [1.29, 1.82) is 0 Å². The normalized spacial score (nSPS) is 13.6.